The second kappa shape index (κ2) is 14.8. The van der Waals surface area contributed by atoms with Crippen molar-refractivity contribution in [3.8, 4) is 11.1 Å². The Morgan fingerprint density at radius 2 is 1.56 bits per heavy atom. The molecule has 3 aromatic rings. The maximum absolute atomic E-state index is 11.3. The summed E-state index contributed by atoms with van der Waals surface area (Å²) in [5.74, 6) is 0.289. The first-order chi connectivity index (χ1) is 18.7. The maximum Gasteiger partial charge on any atom is 0.327 e. The van der Waals surface area contributed by atoms with Gasteiger partial charge in [0, 0.05) is 36.7 Å². The molecule has 39 heavy (non-hydrogen) atoms. The van der Waals surface area contributed by atoms with Crippen LogP contribution < -0.4 is 10.2 Å². The Bertz CT molecular complexity index is 1200. The number of carboxylic acid groups (broad SMARTS) is 1. The van der Waals surface area contributed by atoms with Crippen LogP contribution in [-0.4, -0.2) is 34.8 Å². The Balaban J connectivity index is 1.66. The van der Waals surface area contributed by atoms with E-state index in [2.05, 4.69) is 111 Å². The lowest BCUT2D eigenvalue weighted by molar-refractivity contribution is -0.140. The second-order valence-electron chi connectivity index (χ2n) is 10.3. The molecule has 0 spiro atoms. The molecule has 0 unspecified atom stereocenters. The summed E-state index contributed by atoms with van der Waals surface area (Å²) in [6, 6.07) is 25.8. The van der Waals surface area contributed by atoms with Gasteiger partial charge < -0.3 is 15.3 Å². The summed E-state index contributed by atoms with van der Waals surface area (Å²) in [6.07, 6.45) is 2.33. The fraction of sp³-hybridized carbons (Fsp3) is 0.394. The van der Waals surface area contributed by atoms with Crippen LogP contribution in [-0.2, 0) is 21.9 Å². The molecule has 5 nitrogen and oxygen atoms in total. The van der Waals surface area contributed by atoms with Crippen molar-refractivity contribution in [3.63, 3.8) is 0 Å². The molecule has 3 rings (SSSR count). The van der Waals surface area contributed by atoms with Crippen molar-refractivity contribution in [1.82, 2.24) is 5.32 Å². The van der Waals surface area contributed by atoms with Gasteiger partial charge in [-0.05, 0) is 78.6 Å². The van der Waals surface area contributed by atoms with Crippen molar-refractivity contribution in [2.75, 3.05) is 10.7 Å². The Morgan fingerprint density at radius 1 is 0.897 bits per heavy atom. The quantitative estimate of drug-likeness (QED) is 0.219. The van der Waals surface area contributed by atoms with Gasteiger partial charge in [-0.3, -0.25) is 4.79 Å². The predicted octanol–water partition coefficient (Wildman–Crippen LogP) is 7.49. The van der Waals surface area contributed by atoms with Gasteiger partial charge in [0.05, 0.1) is 0 Å². The van der Waals surface area contributed by atoms with E-state index in [-0.39, 0.29) is 5.91 Å². The number of amides is 1. The average Bonchev–Trinajstić information content (AvgIpc) is 2.92. The van der Waals surface area contributed by atoms with Gasteiger partial charge in [-0.15, -0.1) is 0 Å². The highest BCUT2D eigenvalue weighted by molar-refractivity contribution is 7.98. The summed E-state index contributed by atoms with van der Waals surface area (Å²) in [5.41, 5.74) is 7.38. The maximum atomic E-state index is 11.3. The van der Waals surface area contributed by atoms with Crippen LogP contribution in [0.5, 0.6) is 0 Å². The van der Waals surface area contributed by atoms with E-state index < -0.39 is 12.0 Å². The Kier molecular flexibility index (Phi) is 11.5. The van der Waals surface area contributed by atoms with Crippen LogP contribution in [0.1, 0.15) is 70.1 Å². The largest absolute Gasteiger partial charge is 0.480 e. The minimum atomic E-state index is -1.01. The van der Waals surface area contributed by atoms with Crippen LogP contribution in [0, 0.1) is 0 Å². The van der Waals surface area contributed by atoms with E-state index >= 15 is 0 Å². The zero-order valence-electron chi connectivity index (χ0n) is 23.8. The van der Waals surface area contributed by atoms with Gasteiger partial charge in [-0.2, -0.15) is 11.8 Å². The lowest BCUT2D eigenvalue weighted by Crippen LogP contribution is -2.41. The van der Waals surface area contributed by atoms with Gasteiger partial charge in [-0.1, -0.05) is 68.4 Å². The van der Waals surface area contributed by atoms with E-state index in [0.717, 1.165) is 17.7 Å². The van der Waals surface area contributed by atoms with Crippen molar-refractivity contribution in [3.05, 3.63) is 89.5 Å². The number of anilines is 1. The number of carboxylic acids is 1. The molecule has 0 heterocycles. The third kappa shape index (κ3) is 8.89. The molecule has 0 fully saturated rings. The number of rotatable bonds is 14. The van der Waals surface area contributed by atoms with Crippen molar-refractivity contribution >= 4 is 29.3 Å². The zero-order valence-corrected chi connectivity index (χ0v) is 24.6. The Morgan fingerprint density at radius 3 is 2.13 bits per heavy atom. The Labute approximate surface area is 238 Å². The molecule has 1 amide bonds. The highest BCUT2D eigenvalue weighted by Crippen LogP contribution is 2.28. The molecule has 0 aliphatic carbocycles. The zero-order chi connectivity index (χ0) is 28.4. The van der Waals surface area contributed by atoms with Crippen molar-refractivity contribution in [1.29, 1.82) is 0 Å². The summed E-state index contributed by atoms with van der Waals surface area (Å²) in [4.78, 5) is 25.0. The minimum absolute atomic E-state index is 0.325. The number of benzene rings is 3. The van der Waals surface area contributed by atoms with Gasteiger partial charge in [0.25, 0.3) is 0 Å². The third-order valence-corrected chi connectivity index (χ3v) is 8.21. The van der Waals surface area contributed by atoms with Crippen LogP contribution in [0.2, 0.25) is 0 Å². The normalized spacial score (nSPS) is 12.0. The third-order valence-electron chi connectivity index (χ3n) is 7.10. The number of thioether (sulfide) groups is 1. The van der Waals surface area contributed by atoms with E-state index in [0.29, 0.717) is 23.5 Å². The SMILES string of the molecule is CCC(CC)c1ccc(N(Cc2cccc(-c3ccc(CSC[C@H](NC(C)=O)C(=O)O)cc3)c2)C(C)C)cc1. The first-order valence-electron chi connectivity index (χ1n) is 13.8. The van der Waals surface area contributed by atoms with Crippen molar-refractivity contribution in [2.45, 2.75) is 77.8 Å². The van der Waals surface area contributed by atoms with Gasteiger partial charge in [0.2, 0.25) is 5.91 Å². The van der Waals surface area contributed by atoms with Crippen molar-refractivity contribution in [2.24, 2.45) is 0 Å². The molecular formula is C33H42N2O3S. The lowest BCUT2D eigenvalue weighted by atomic mass is 9.94. The molecule has 0 bridgehead atoms. The number of hydrogen-bond donors (Lipinski definition) is 2. The number of nitrogens with zero attached hydrogens (tertiary/aromatic N) is 1. The number of aliphatic carboxylic acids is 1. The monoisotopic (exact) mass is 546 g/mol. The van der Waals surface area contributed by atoms with Gasteiger partial charge >= 0.3 is 5.97 Å². The molecule has 0 aliphatic heterocycles. The highest BCUT2D eigenvalue weighted by Gasteiger charge is 2.18. The fourth-order valence-corrected chi connectivity index (χ4v) is 5.83. The van der Waals surface area contributed by atoms with Gasteiger partial charge in [-0.25, -0.2) is 4.79 Å². The standard InChI is InChI=1S/C33H42N2O3S/c1-6-27(7-2)28-15-17-31(18-16-28)35(23(3)4)20-26-9-8-10-30(19-26)29-13-11-25(12-14-29)21-39-22-32(33(37)38)34-24(5)36/h8-19,23,27,32H,6-7,20-22H2,1-5H3,(H,34,36)(H,37,38)/t32-/m0/s1. The summed E-state index contributed by atoms with van der Waals surface area (Å²) in [5, 5.41) is 11.8. The molecule has 0 aromatic heterocycles. The number of carbonyl (C=O) groups excluding carboxylic acids is 1. The average molecular weight is 547 g/mol. The van der Waals surface area contributed by atoms with E-state index in [9.17, 15) is 14.7 Å². The summed E-state index contributed by atoms with van der Waals surface area (Å²) in [6.45, 7) is 11.2. The smallest absolute Gasteiger partial charge is 0.327 e. The highest BCUT2D eigenvalue weighted by atomic mass is 32.2. The second-order valence-corrected chi connectivity index (χ2v) is 11.4. The molecule has 0 saturated carbocycles. The Hall–Kier alpha value is -3.25. The molecule has 1 atom stereocenters. The van der Waals surface area contributed by atoms with Crippen LogP contribution in [0.4, 0.5) is 5.69 Å². The number of nitrogens with one attached hydrogen (secondary N) is 1. The molecule has 0 saturated heterocycles. The van der Waals surface area contributed by atoms with E-state index in [1.165, 1.54) is 53.9 Å². The summed E-state index contributed by atoms with van der Waals surface area (Å²) in [7, 11) is 0. The molecule has 0 aliphatic rings. The van der Waals surface area contributed by atoms with Gasteiger partial charge in [0.1, 0.15) is 6.04 Å². The molecule has 0 radical (unpaired) electrons. The van der Waals surface area contributed by atoms with Crippen LogP contribution in [0.25, 0.3) is 11.1 Å². The predicted molar refractivity (Wildman–Crippen MR) is 164 cm³/mol. The first-order valence-corrected chi connectivity index (χ1v) is 15.0. The summed E-state index contributed by atoms with van der Waals surface area (Å²) < 4.78 is 0. The first kappa shape index (κ1) is 30.3. The fourth-order valence-electron chi connectivity index (χ4n) is 4.82. The van der Waals surface area contributed by atoms with E-state index in [1.807, 2.05) is 0 Å². The number of hydrogen-bond acceptors (Lipinski definition) is 4. The molecule has 2 N–H and O–H groups in total. The van der Waals surface area contributed by atoms with Crippen LogP contribution >= 0.6 is 11.8 Å². The minimum Gasteiger partial charge on any atom is -0.480 e. The van der Waals surface area contributed by atoms with Gasteiger partial charge in [0.15, 0.2) is 0 Å². The number of carbonyl (C=O) groups is 2. The molecule has 208 valence electrons. The molecular weight excluding hydrogens is 504 g/mol. The topological polar surface area (TPSA) is 69.6 Å². The van der Waals surface area contributed by atoms with Crippen molar-refractivity contribution < 1.29 is 14.7 Å². The molecule has 6 heteroatoms. The van der Waals surface area contributed by atoms with E-state index in [4.69, 9.17) is 0 Å². The molecule has 3 aromatic carbocycles. The lowest BCUT2D eigenvalue weighted by Gasteiger charge is -2.30. The van der Waals surface area contributed by atoms with Crippen LogP contribution in [0.3, 0.4) is 0 Å². The summed E-state index contributed by atoms with van der Waals surface area (Å²) >= 11 is 1.50. The van der Waals surface area contributed by atoms with Crippen LogP contribution in [0.15, 0.2) is 72.8 Å². The van der Waals surface area contributed by atoms with E-state index in [1.54, 1.807) is 0 Å².